The number of hydrogen-bond acceptors (Lipinski definition) is 10. The first-order chi connectivity index (χ1) is 23.2. The highest BCUT2D eigenvalue weighted by Gasteiger charge is 2.68. The molecule has 1 fully saturated rings. The summed E-state index contributed by atoms with van der Waals surface area (Å²) in [5.74, 6) is -0.767. The number of carbonyl (C=O) groups is 2. The molecule has 3 atom stereocenters. The van der Waals surface area contributed by atoms with Crippen molar-refractivity contribution in [1.82, 2.24) is 25.1 Å². The number of fused-ring (bicyclic) bond motifs is 1. The lowest BCUT2D eigenvalue weighted by Crippen LogP contribution is -2.73. The number of carbonyl (C=O) groups excluding carboxylic acids is 2. The van der Waals surface area contributed by atoms with E-state index in [2.05, 4.69) is 15.5 Å². The van der Waals surface area contributed by atoms with E-state index in [0.29, 0.717) is 5.56 Å². The van der Waals surface area contributed by atoms with Crippen LogP contribution in [0.5, 0.6) is 0 Å². The molecule has 4 aromatic rings. The first kappa shape index (κ1) is 34.3. The summed E-state index contributed by atoms with van der Waals surface area (Å²) in [6.07, 6.45) is -1.71. The molecule has 0 bridgehead atoms. The van der Waals surface area contributed by atoms with Gasteiger partial charge in [-0.2, -0.15) is 0 Å². The predicted octanol–water partition coefficient (Wildman–Crippen LogP) is 4.90. The average Bonchev–Trinajstić information content (AvgIpc) is 3.52. The highest BCUT2D eigenvalue weighted by atomic mass is 32.2. The lowest BCUT2D eigenvalue weighted by molar-refractivity contribution is -0.124. The molecular weight excluding hydrogens is 663 g/mol. The van der Waals surface area contributed by atoms with Gasteiger partial charge in [0.25, 0.3) is 0 Å². The van der Waals surface area contributed by atoms with E-state index in [4.69, 9.17) is 21.7 Å². The number of tetrazole rings is 1. The van der Waals surface area contributed by atoms with Gasteiger partial charge in [0.2, 0.25) is 0 Å². The van der Waals surface area contributed by atoms with Crippen LogP contribution in [0.4, 0.5) is 0 Å². The monoisotopic (exact) mass is 699 g/mol. The molecule has 254 valence electrons. The summed E-state index contributed by atoms with van der Waals surface area (Å²) >= 11 is 5.60. The van der Waals surface area contributed by atoms with Gasteiger partial charge in [-0.15, -0.1) is 5.10 Å². The molecule has 0 amide bonds. The summed E-state index contributed by atoms with van der Waals surface area (Å²) in [6.45, 7) is 6.94. The van der Waals surface area contributed by atoms with Crippen molar-refractivity contribution in [3.63, 3.8) is 0 Å². The molecule has 0 radical (unpaired) electrons. The van der Waals surface area contributed by atoms with Crippen molar-refractivity contribution in [3.05, 3.63) is 124 Å². The highest BCUT2D eigenvalue weighted by molar-refractivity contribution is 7.93. The third kappa shape index (κ3) is 5.59. The van der Waals surface area contributed by atoms with Crippen molar-refractivity contribution in [2.75, 3.05) is 7.11 Å². The minimum absolute atomic E-state index is 0.0496. The van der Waals surface area contributed by atoms with Crippen molar-refractivity contribution in [2.24, 2.45) is 12.5 Å². The number of nitrogens with zero attached hydrogens (tertiary/aromatic N) is 5. The number of allylic oxidation sites excluding steroid dienone is 1. The number of methoxy groups -OCH3 is 1. The number of benzene rings is 3. The molecule has 3 aromatic carbocycles. The predicted molar refractivity (Wildman–Crippen MR) is 186 cm³/mol. The van der Waals surface area contributed by atoms with Crippen LogP contribution in [0.25, 0.3) is 0 Å². The fraction of sp³-hybridized carbons (Fsp3) is 0.333. The van der Waals surface area contributed by atoms with Gasteiger partial charge in [-0.25, -0.2) is 17.9 Å². The zero-order valence-corrected chi connectivity index (χ0v) is 29.7. The summed E-state index contributed by atoms with van der Waals surface area (Å²) in [5, 5.41) is 10.7. The number of aryl methyl sites for hydroxylation is 1. The van der Waals surface area contributed by atoms with E-state index in [1.807, 2.05) is 60.7 Å². The van der Waals surface area contributed by atoms with Gasteiger partial charge in [-0.1, -0.05) is 106 Å². The molecule has 11 nitrogen and oxygen atoms in total. The second kappa shape index (κ2) is 12.7. The summed E-state index contributed by atoms with van der Waals surface area (Å²) in [6, 6.07) is 25.5. The van der Waals surface area contributed by atoms with Crippen LogP contribution in [-0.2, 0) is 42.3 Å². The molecule has 1 aromatic heterocycles. The lowest BCUT2D eigenvalue weighted by Gasteiger charge is -2.56. The first-order valence-electron chi connectivity index (χ1n) is 15.7. The number of aromatic nitrogens is 4. The molecule has 1 saturated heterocycles. The molecule has 3 heterocycles. The van der Waals surface area contributed by atoms with Gasteiger partial charge in [-0.3, -0.25) is 4.79 Å². The highest BCUT2D eigenvalue weighted by Crippen LogP contribution is 2.53. The molecule has 0 aliphatic carbocycles. The Bertz CT molecular complexity index is 2020. The van der Waals surface area contributed by atoms with Gasteiger partial charge in [-0.05, 0) is 51.7 Å². The SMILES string of the molecule is CO[C@H]1C(=S)N2C(C(=O)C(C)(C)C)=C(C)C(Cc3ccc(C(=O)OC(c4ccccc4)c4ccccc4)cc3)(c3nnnn3C)S(=O)(=O)[C@H]12. The molecule has 1 unspecified atom stereocenters. The van der Waals surface area contributed by atoms with Crippen LogP contribution < -0.4 is 0 Å². The minimum Gasteiger partial charge on any atom is -0.449 e. The van der Waals surface area contributed by atoms with Gasteiger partial charge in [0, 0.05) is 26.0 Å². The van der Waals surface area contributed by atoms with E-state index >= 15 is 0 Å². The Balaban J connectivity index is 1.42. The average molecular weight is 700 g/mol. The van der Waals surface area contributed by atoms with Gasteiger partial charge < -0.3 is 14.4 Å². The maximum atomic E-state index is 15.0. The summed E-state index contributed by atoms with van der Waals surface area (Å²) in [4.78, 5) is 29.2. The smallest absolute Gasteiger partial charge is 0.339 e. The van der Waals surface area contributed by atoms with Crippen LogP contribution >= 0.6 is 12.2 Å². The maximum absolute atomic E-state index is 15.0. The van der Waals surface area contributed by atoms with Crippen LogP contribution in [-0.4, -0.2) is 68.9 Å². The van der Waals surface area contributed by atoms with E-state index < -0.39 is 43.6 Å². The third-order valence-electron chi connectivity index (χ3n) is 9.20. The molecule has 0 N–H and O–H groups in total. The van der Waals surface area contributed by atoms with Crippen molar-refractivity contribution in [2.45, 2.75) is 56.4 Å². The minimum atomic E-state index is -4.28. The number of ketones is 1. The lowest BCUT2D eigenvalue weighted by atomic mass is 9.81. The zero-order valence-electron chi connectivity index (χ0n) is 28.0. The zero-order chi connectivity index (χ0) is 35.3. The van der Waals surface area contributed by atoms with Crippen LogP contribution in [0.1, 0.15) is 66.7 Å². The summed E-state index contributed by atoms with van der Waals surface area (Å²) in [7, 11) is -1.33. The van der Waals surface area contributed by atoms with Crippen LogP contribution in [0.3, 0.4) is 0 Å². The third-order valence-corrected chi connectivity index (χ3v) is 12.3. The topological polar surface area (TPSA) is 134 Å². The first-order valence-corrected chi connectivity index (χ1v) is 17.7. The van der Waals surface area contributed by atoms with E-state index in [1.54, 1.807) is 59.0 Å². The molecule has 2 aliphatic heterocycles. The number of sulfone groups is 1. The van der Waals surface area contributed by atoms with Gasteiger partial charge in [0.1, 0.15) is 11.1 Å². The molecule has 0 spiro atoms. The van der Waals surface area contributed by atoms with Gasteiger partial charge in [0.15, 0.2) is 37.7 Å². The molecule has 0 saturated carbocycles. The Morgan fingerprint density at radius 1 is 0.959 bits per heavy atom. The second-order valence-electron chi connectivity index (χ2n) is 13.3. The number of rotatable bonds is 9. The normalized spacial score (nSPS) is 21.7. The van der Waals surface area contributed by atoms with E-state index in [-0.39, 0.29) is 39.9 Å². The Labute approximate surface area is 290 Å². The molecule has 13 heteroatoms. The fourth-order valence-electron chi connectivity index (χ4n) is 6.60. The van der Waals surface area contributed by atoms with E-state index in [1.165, 1.54) is 16.7 Å². The number of esters is 1. The fourth-order valence-corrected chi connectivity index (χ4v) is 9.98. The molecule has 6 rings (SSSR count). The quantitative estimate of drug-likeness (QED) is 0.175. The number of hydrogen-bond donors (Lipinski definition) is 0. The molecular formula is C36H37N5O6S2. The summed E-state index contributed by atoms with van der Waals surface area (Å²) < 4.78 is 41.0. The number of thiocarbonyl (C=S) groups is 1. The second-order valence-corrected chi connectivity index (χ2v) is 16.0. The Kier molecular flexibility index (Phi) is 8.88. The molecule has 49 heavy (non-hydrogen) atoms. The number of ether oxygens (including phenoxy) is 2. The maximum Gasteiger partial charge on any atom is 0.339 e. The van der Waals surface area contributed by atoms with Crippen LogP contribution in [0.2, 0.25) is 0 Å². The Morgan fingerprint density at radius 3 is 2.02 bits per heavy atom. The standard InChI is InChI=1S/C36H37N5O6S2/c1-22-27(30(42)35(2,3)4)41-31(48)29(46-6)32(41)49(44,45)36(22,34-37-38-39-40(34)5)21-23-17-19-26(20-18-23)33(43)47-28(24-13-9-7-10-14-24)25-15-11-8-12-16-25/h7-20,28-29,32H,21H2,1-6H3/t29-,32+,36?/m0/s1. The summed E-state index contributed by atoms with van der Waals surface area (Å²) in [5.41, 5.74) is 2.09. The largest absolute Gasteiger partial charge is 0.449 e. The Hall–Kier alpha value is -4.59. The van der Waals surface area contributed by atoms with Crippen molar-refractivity contribution in [1.29, 1.82) is 0 Å². The van der Waals surface area contributed by atoms with Gasteiger partial charge in [0.05, 0.1) is 11.3 Å². The van der Waals surface area contributed by atoms with E-state index in [9.17, 15) is 18.0 Å². The van der Waals surface area contributed by atoms with Crippen LogP contribution in [0.15, 0.2) is 96.2 Å². The van der Waals surface area contributed by atoms with Crippen molar-refractivity contribution < 1.29 is 27.5 Å². The van der Waals surface area contributed by atoms with Crippen molar-refractivity contribution >= 4 is 38.8 Å². The Morgan fingerprint density at radius 2 is 1.53 bits per heavy atom. The molecule has 2 aliphatic rings. The van der Waals surface area contributed by atoms with Crippen LogP contribution in [0, 0.1) is 5.41 Å². The number of Topliss-reactive ketones (excluding diaryl/α,β-unsaturated/α-hetero) is 1. The van der Waals surface area contributed by atoms with Gasteiger partial charge >= 0.3 is 5.97 Å². The van der Waals surface area contributed by atoms with E-state index in [0.717, 1.165) is 11.1 Å². The van der Waals surface area contributed by atoms with Crippen molar-refractivity contribution in [3.8, 4) is 0 Å².